The van der Waals surface area contributed by atoms with Crippen molar-refractivity contribution in [3.05, 3.63) is 22.7 Å². The van der Waals surface area contributed by atoms with Gasteiger partial charge in [0.2, 0.25) is 0 Å². The summed E-state index contributed by atoms with van der Waals surface area (Å²) in [4.78, 5) is 19.6. The van der Waals surface area contributed by atoms with Crippen LogP contribution in [0.5, 0.6) is 0 Å². The van der Waals surface area contributed by atoms with Gasteiger partial charge in [-0.05, 0) is 18.8 Å². The van der Waals surface area contributed by atoms with Crippen LogP contribution in [0.3, 0.4) is 0 Å². The van der Waals surface area contributed by atoms with Crippen molar-refractivity contribution in [3.63, 3.8) is 0 Å². The number of aromatic nitrogens is 2. The highest BCUT2D eigenvalue weighted by Crippen LogP contribution is 2.28. The van der Waals surface area contributed by atoms with Crippen LogP contribution in [-0.4, -0.2) is 34.8 Å². The maximum absolute atomic E-state index is 11.1. The first kappa shape index (κ1) is 10.2. The van der Waals surface area contributed by atoms with Gasteiger partial charge >= 0.3 is 0 Å². The van der Waals surface area contributed by atoms with Gasteiger partial charge in [-0.3, -0.25) is 4.79 Å². The van der Waals surface area contributed by atoms with E-state index in [0.29, 0.717) is 11.7 Å². The van der Waals surface area contributed by atoms with E-state index >= 15 is 0 Å². The van der Waals surface area contributed by atoms with Crippen molar-refractivity contribution >= 4 is 5.82 Å². The lowest BCUT2D eigenvalue weighted by atomic mass is 9.82. The van der Waals surface area contributed by atoms with E-state index in [1.165, 1.54) is 12.4 Å². The first-order valence-corrected chi connectivity index (χ1v) is 5.09. The largest absolute Gasteiger partial charge is 0.393 e. The molecule has 1 fully saturated rings. The molecule has 0 saturated heterocycles. The van der Waals surface area contributed by atoms with E-state index in [2.05, 4.69) is 9.97 Å². The van der Waals surface area contributed by atoms with Crippen molar-refractivity contribution < 1.29 is 5.11 Å². The van der Waals surface area contributed by atoms with E-state index in [9.17, 15) is 4.79 Å². The number of aliphatic hydroxyl groups is 1. The van der Waals surface area contributed by atoms with Gasteiger partial charge in [0, 0.05) is 19.7 Å². The molecule has 2 rings (SSSR count). The van der Waals surface area contributed by atoms with E-state index in [0.717, 1.165) is 19.4 Å². The van der Waals surface area contributed by atoms with E-state index in [1.54, 1.807) is 0 Å². The summed E-state index contributed by atoms with van der Waals surface area (Å²) in [6, 6.07) is 1.48. The topological polar surface area (TPSA) is 69.2 Å². The van der Waals surface area contributed by atoms with Crippen LogP contribution >= 0.6 is 0 Å². The van der Waals surface area contributed by atoms with Crippen LogP contribution in [0, 0.1) is 5.92 Å². The van der Waals surface area contributed by atoms with Crippen LogP contribution in [0.15, 0.2) is 17.2 Å². The average molecular weight is 209 g/mol. The Hall–Kier alpha value is -1.36. The van der Waals surface area contributed by atoms with Gasteiger partial charge in [-0.1, -0.05) is 0 Å². The van der Waals surface area contributed by atoms with Crippen molar-refractivity contribution in [2.45, 2.75) is 18.9 Å². The van der Waals surface area contributed by atoms with E-state index in [1.807, 2.05) is 11.9 Å². The highest BCUT2D eigenvalue weighted by atomic mass is 16.3. The second-order valence-corrected chi connectivity index (χ2v) is 4.14. The van der Waals surface area contributed by atoms with Crippen LogP contribution in [0.1, 0.15) is 12.8 Å². The van der Waals surface area contributed by atoms with Gasteiger partial charge in [-0.2, -0.15) is 0 Å². The number of H-pyrrole nitrogens is 1. The Morgan fingerprint density at radius 1 is 1.67 bits per heavy atom. The van der Waals surface area contributed by atoms with Crippen LogP contribution in [0.25, 0.3) is 0 Å². The van der Waals surface area contributed by atoms with Gasteiger partial charge in [0.15, 0.2) is 0 Å². The Morgan fingerprint density at radius 3 is 3.00 bits per heavy atom. The first-order valence-electron chi connectivity index (χ1n) is 5.09. The molecule has 0 aromatic carbocycles. The van der Waals surface area contributed by atoms with Crippen LogP contribution in [-0.2, 0) is 0 Å². The summed E-state index contributed by atoms with van der Waals surface area (Å²) in [6.45, 7) is 0.841. The number of aliphatic hydroxyl groups excluding tert-OH is 1. The molecule has 1 aromatic heterocycles. The van der Waals surface area contributed by atoms with Gasteiger partial charge in [0.05, 0.1) is 12.4 Å². The predicted molar refractivity (Wildman–Crippen MR) is 56.9 cm³/mol. The molecule has 15 heavy (non-hydrogen) atoms. The second-order valence-electron chi connectivity index (χ2n) is 4.14. The smallest absolute Gasteiger partial charge is 0.252 e. The van der Waals surface area contributed by atoms with Gasteiger partial charge in [0.25, 0.3) is 5.56 Å². The van der Waals surface area contributed by atoms with Crippen LogP contribution in [0.4, 0.5) is 5.82 Å². The number of hydrogen-bond donors (Lipinski definition) is 2. The van der Waals surface area contributed by atoms with Gasteiger partial charge in [-0.15, -0.1) is 0 Å². The zero-order valence-corrected chi connectivity index (χ0v) is 8.68. The van der Waals surface area contributed by atoms with Gasteiger partial charge in [-0.25, -0.2) is 4.98 Å². The van der Waals surface area contributed by atoms with Crippen molar-refractivity contribution in [2.75, 3.05) is 18.5 Å². The molecule has 0 aliphatic heterocycles. The summed E-state index contributed by atoms with van der Waals surface area (Å²) in [6.07, 6.45) is 2.99. The van der Waals surface area contributed by atoms with Crippen molar-refractivity contribution in [3.8, 4) is 0 Å². The standard InChI is InChI=1S/C10H15N3O2/c1-13(5-7-2-8(14)3-7)9-4-10(15)12-6-11-9/h4,6-8,14H,2-3,5H2,1H3,(H,11,12,15). The summed E-state index contributed by atoms with van der Waals surface area (Å²) in [5.41, 5.74) is -0.138. The first-order chi connectivity index (χ1) is 7.15. The molecule has 2 N–H and O–H groups in total. The minimum atomic E-state index is -0.138. The molecule has 0 bridgehead atoms. The molecule has 82 valence electrons. The normalized spacial score (nSPS) is 24.7. The highest BCUT2D eigenvalue weighted by molar-refractivity contribution is 5.35. The summed E-state index contributed by atoms with van der Waals surface area (Å²) < 4.78 is 0. The van der Waals surface area contributed by atoms with Crippen molar-refractivity contribution in [1.29, 1.82) is 0 Å². The fourth-order valence-electron chi connectivity index (χ4n) is 1.90. The van der Waals surface area contributed by atoms with E-state index < -0.39 is 0 Å². The molecule has 0 spiro atoms. The third kappa shape index (κ3) is 2.36. The Bertz CT molecular complexity index is 384. The van der Waals surface area contributed by atoms with E-state index in [-0.39, 0.29) is 11.7 Å². The molecule has 5 heteroatoms. The molecule has 0 unspecified atom stereocenters. The maximum Gasteiger partial charge on any atom is 0.252 e. The monoisotopic (exact) mass is 209 g/mol. The molecule has 0 radical (unpaired) electrons. The summed E-state index contributed by atoms with van der Waals surface area (Å²) in [5.74, 6) is 1.20. The predicted octanol–water partition coefficient (Wildman–Crippen LogP) is -0.0230. The van der Waals surface area contributed by atoms with Crippen LogP contribution < -0.4 is 10.5 Å². The lowest BCUT2D eigenvalue weighted by Crippen LogP contribution is -2.37. The summed E-state index contributed by atoms with van der Waals surface area (Å²) in [5, 5.41) is 9.16. The summed E-state index contributed by atoms with van der Waals surface area (Å²) >= 11 is 0. The zero-order valence-electron chi connectivity index (χ0n) is 8.68. The number of rotatable bonds is 3. The Kier molecular flexibility index (Phi) is 2.73. The van der Waals surface area contributed by atoms with Crippen molar-refractivity contribution in [2.24, 2.45) is 5.92 Å². The zero-order chi connectivity index (χ0) is 10.8. The molecular formula is C10H15N3O2. The minimum absolute atomic E-state index is 0.129. The molecule has 1 aliphatic carbocycles. The molecule has 1 aliphatic rings. The number of nitrogens with one attached hydrogen (secondary N) is 1. The molecule has 1 saturated carbocycles. The fourth-order valence-corrected chi connectivity index (χ4v) is 1.90. The Balaban J connectivity index is 1.96. The SMILES string of the molecule is CN(CC1CC(O)C1)c1cc(=O)[nH]cn1. The quantitative estimate of drug-likeness (QED) is 0.734. The molecule has 0 atom stereocenters. The molecule has 1 aromatic rings. The number of nitrogens with zero attached hydrogens (tertiary/aromatic N) is 2. The molecule has 1 heterocycles. The molecular weight excluding hydrogens is 194 g/mol. The second kappa shape index (κ2) is 4.02. The fraction of sp³-hybridized carbons (Fsp3) is 0.600. The number of anilines is 1. The lowest BCUT2D eigenvalue weighted by Gasteiger charge is -2.34. The number of aromatic amines is 1. The minimum Gasteiger partial charge on any atom is -0.393 e. The highest BCUT2D eigenvalue weighted by Gasteiger charge is 2.28. The number of hydrogen-bond acceptors (Lipinski definition) is 4. The summed E-state index contributed by atoms with van der Waals surface area (Å²) in [7, 11) is 1.91. The van der Waals surface area contributed by atoms with Gasteiger partial charge < -0.3 is 15.0 Å². The van der Waals surface area contributed by atoms with Crippen LogP contribution in [0.2, 0.25) is 0 Å². The maximum atomic E-state index is 11.1. The van der Waals surface area contributed by atoms with Crippen molar-refractivity contribution in [1.82, 2.24) is 9.97 Å². The Morgan fingerprint density at radius 2 is 2.40 bits per heavy atom. The third-order valence-electron chi connectivity index (χ3n) is 2.80. The third-order valence-corrected chi connectivity index (χ3v) is 2.80. The van der Waals surface area contributed by atoms with Gasteiger partial charge in [0.1, 0.15) is 5.82 Å². The average Bonchev–Trinajstić information content (AvgIpc) is 2.15. The molecule has 5 nitrogen and oxygen atoms in total. The van der Waals surface area contributed by atoms with E-state index in [4.69, 9.17) is 5.11 Å². The molecule has 0 amide bonds. The lowest BCUT2D eigenvalue weighted by molar-refractivity contribution is 0.0464. The Labute approximate surface area is 87.8 Å².